The largest absolute Gasteiger partial charge is 0.433 e. The molecule has 0 atom stereocenters. The van der Waals surface area contributed by atoms with Crippen molar-refractivity contribution in [1.82, 2.24) is 0 Å². The predicted molar refractivity (Wildman–Crippen MR) is 57.2 cm³/mol. The van der Waals surface area contributed by atoms with Crippen molar-refractivity contribution < 1.29 is 4.65 Å². The molecule has 2 fully saturated rings. The van der Waals surface area contributed by atoms with Crippen LogP contribution in [0.4, 0.5) is 0 Å². The second-order valence-electron chi connectivity index (χ2n) is 5.03. The zero-order chi connectivity index (χ0) is 9.26. The van der Waals surface area contributed by atoms with Gasteiger partial charge in [-0.3, -0.25) is 0 Å². The Hall–Kier alpha value is 0.0249. The van der Waals surface area contributed by atoms with Gasteiger partial charge in [0.05, 0.1) is 0 Å². The summed E-state index contributed by atoms with van der Waals surface area (Å²) in [6, 6.07) is 0. The summed E-state index contributed by atoms with van der Waals surface area (Å²) >= 11 is 0. The molecule has 0 unspecified atom stereocenters. The fraction of sp³-hybridized carbons (Fsp3) is 1.00. The smallest absolute Gasteiger partial charge is 0.299 e. The lowest BCUT2D eigenvalue weighted by Gasteiger charge is -2.40. The number of hydrogen-bond donors (Lipinski definition) is 0. The molecule has 0 aliphatic carbocycles. The van der Waals surface area contributed by atoms with Crippen LogP contribution >= 0.6 is 0 Å². The molecule has 74 valence electrons. The Kier molecular flexibility index (Phi) is 2.97. The van der Waals surface area contributed by atoms with Crippen LogP contribution in [0, 0.1) is 0 Å². The Labute approximate surface area is 82.3 Å². The van der Waals surface area contributed by atoms with Gasteiger partial charge in [0.25, 0.3) is 6.92 Å². The van der Waals surface area contributed by atoms with Crippen LogP contribution in [0.5, 0.6) is 0 Å². The minimum absolute atomic E-state index is 0.422. The predicted octanol–water partition coefficient (Wildman–Crippen LogP) is 3.51. The first-order valence-electron chi connectivity index (χ1n) is 5.93. The Morgan fingerprint density at radius 2 is 1.46 bits per heavy atom. The average Bonchev–Trinajstić information content (AvgIpc) is 2.02. The molecule has 0 saturated carbocycles. The monoisotopic (exact) mass is 180 g/mol. The van der Waals surface area contributed by atoms with Crippen molar-refractivity contribution >= 4 is 6.92 Å². The Bertz CT molecular complexity index is 147. The van der Waals surface area contributed by atoms with Crippen molar-refractivity contribution in [3.05, 3.63) is 0 Å². The quantitative estimate of drug-likeness (QED) is 0.591. The maximum atomic E-state index is 6.06. The third kappa shape index (κ3) is 2.09. The van der Waals surface area contributed by atoms with Crippen molar-refractivity contribution in [3.8, 4) is 0 Å². The van der Waals surface area contributed by atoms with Crippen molar-refractivity contribution in [3.63, 3.8) is 0 Å². The fourth-order valence-electron chi connectivity index (χ4n) is 3.15. The van der Waals surface area contributed by atoms with Gasteiger partial charge >= 0.3 is 0 Å². The minimum Gasteiger partial charge on any atom is -0.433 e. The van der Waals surface area contributed by atoms with Gasteiger partial charge in [-0.2, -0.15) is 0 Å². The standard InChI is InChI=1S/C11H21BO/c1-9(2)13-12-10-5-3-6-11(12)8-4-7-10/h9-11H,3-8H2,1-2H3. The van der Waals surface area contributed by atoms with Crippen molar-refractivity contribution in [2.24, 2.45) is 0 Å². The molecule has 0 spiro atoms. The van der Waals surface area contributed by atoms with Crippen LogP contribution in [-0.2, 0) is 4.65 Å². The zero-order valence-corrected chi connectivity index (χ0v) is 8.96. The number of fused-ring (bicyclic) bond motifs is 2. The number of rotatable bonds is 2. The van der Waals surface area contributed by atoms with Crippen molar-refractivity contribution in [2.45, 2.75) is 70.1 Å². The highest BCUT2D eigenvalue weighted by Gasteiger charge is 2.41. The summed E-state index contributed by atoms with van der Waals surface area (Å²) in [4.78, 5) is 0. The van der Waals surface area contributed by atoms with Crippen LogP contribution < -0.4 is 0 Å². The summed E-state index contributed by atoms with van der Waals surface area (Å²) in [7, 11) is 0. The maximum absolute atomic E-state index is 6.06. The fourth-order valence-corrected chi connectivity index (χ4v) is 3.15. The molecular weight excluding hydrogens is 159 g/mol. The minimum atomic E-state index is 0.422. The Morgan fingerprint density at radius 3 is 1.85 bits per heavy atom. The van der Waals surface area contributed by atoms with E-state index in [1.54, 1.807) is 0 Å². The third-order valence-corrected chi connectivity index (χ3v) is 3.66. The normalized spacial score (nSPS) is 33.9. The highest BCUT2D eigenvalue weighted by molar-refractivity contribution is 6.56. The summed E-state index contributed by atoms with van der Waals surface area (Å²) in [6.45, 7) is 4.96. The van der Waals surface area contributed by atoms with E-state index in [-0.39, 0.29) is 0 Å². The SMILES string of the molecule is CC(C)OB1C2CCCC1CCC2. The molecule has 2 rings (SSSR count). The van der Waals surface area contributed by atoms with Crippen LogP contribution in [0.3, 0.4) is 0 Å². The molecule has 2 aliphatic heterocycles. The Morgan fingerprint density at radius 1 is 1.00 bits per heavy atom. The van der Waals surface area contributed by atoms with E-state index in [1.165, 1.54) is 38.5 Å². The van der Waals surface area contributed by atoms with Crippen LogP contribution in [0.25, 0.3) is 0 Å². The van der Waals surface area contributed by atoms with E-state index < -0.39 is 0 Å². The molecule has 0 aromatic heterocycles. The van der Waals surface area contributed by atoms with Crippen LogP contribution in [-0.4, -0.2) is 13.0 Å². The van der Waals surface area contributed by atoms with Crippen LogP contribution in [0.1, 0.15) is 52.4 Å². The lowest BCUT2D eigenvalue weighted by molar-refractivity contribution is 0.209. The molecule has 0 aromatic rings. The van der Waals surface area contributed by atoms with Gasteiger partial charge in [-0.15, -0.1) is 0 Å². The van der Waals surface area contributed by atoms with E-state index in [0.29, 0.717) is 13.0 Å². The van der Waals surface area contributed by atoms with E-state index in [2.05, 4.69) is 13.8 Å². The van der Waals surface area contributed by atoms with E-state index >= 15 is 0 Å². The van der Waals surface area contributed by atoms with Gasteiger partial charge in [-0.1, -0.05) is 38.5 Å². The molecule has 2 bridgehead atoms. The molecule has 2 heterocycles. The molecule has 0 N–H and O–H groups in total. The summed E-state index contributed by atoms with van der Waals surface area (Å²) in [6.07, 6.45) is 9.02. The van der Waals surface area contributed by atoms with E-state index in [4.69, 9.17) is 4.65 Å². The summed E-state index contributed by atoms with van der Waals surface area (Å²) < 4.78 is 6.06. The first kappa shape index (κ1) is 9.58. The third-order valence-electron chi connectivity index (χ3n) is 3.66. The van der Waals surface area contributed by atoms with Gasteiger partial charge < -0.3 is 4.65 Å². The molecule has 0 radical (unpaired) electrons. The van der Waals surface area contributed by atoms with E-state index in [0.717, 1.165) is 11.6 Å². The molecular formula is C11H21BO. The van der Waals surface area contributed by atoms with Gasteiger partial charge in [0.15, 0.2) is 0 Å². The molecule has 0 aromatic carbocycles. The summed E-state index contributed by atoms with van der Waals surface area (Å²) in [5.41, 5.74) is 0. The maximum Gasteiger partial charge on any atom is 0.299 e. The lowest BCUT2D eigenvalue weighted by Crippen LogP contribution is -2.38. The first-order chi connectivity index (χ1) is 6.27. The summed E-state index contributed by atoms with van der Waals surface area (Å²) in [5.74, 6) is 1.80. The van der Waals surface area contributed by atoms with Gasteiger partial charge in [-0.25, -0.2) is 0 Å². The average molecular weight is 180 g/mol. The van der Waals surface area contributed by atoms with E-state index in [1.807, 2.05) is 0 Å². The van der Waals surface area contributed by atoms with Gasteiger partial charge in [0.2, 0.25) is 0 Å². The molecule has 1 nitrogen and oxygen atoms in total. The van der Waals surface area contributed by atoms with Crippen LogP contribution in [0.2, 0.25) is 11.6 Å². The Balaban J connectivity index is 1.98. The zero-order valence-electron chi connectivity index (χ0n) is 8.96. The molecule has 0 amide bonds. The van der Waals surface area contributed by atoms with Gasteiger partial charge in [0, 0.05) is 6.10 Å². The van der Waals surface area contributed by atoms with Crippen LogP contribution in [0.15, 0.2) is 0 Å². The molecule has 2 saturated heterocycles. The van der Waals surface area contributed by atoms with Gasteiger partial charge in [0.1, 0.15) is 0 Å². The second kappa shape index (κ2) is 4.04. The van der Waals surface area contributed by atoms with E-state index in [9.17, 15) is 0 Å². The highest BCUT2D eigenvalue weighted by Crippen LogP contribution is 2.46. The second-order valence-corrected chi connectivity index (χ2v) is 5.03. The van der Waals surface area contributed by atoms with Crippen molar-refractivity contribution in [2.75, 3.05) is 0 Å². The molecule has 13 heavy (non-hydrogen) atoms. The molecule has 2 aliphatic rings. The van der Waals surface area contributed by atoms with Gasteiger partial charge in [-0.05, 0) is 25.5 Å². The topological polar surface area (TPSA) is 9.23 Å². The lowest BCUT2D eigenvalue weighted by atomic mass is 9.38. The highest BCUT2D eigenvalue weighted by atomic mass is 16.4. The van der Waals surface area contributed by atoms with Crippen molar-refractivity contribution in [1.29, 1.82) is 0 Å². The summed E-state index contributed by atoms with van der Waals surface area (Å²) in [5, 5.41) is 0. The molecule has 2 heteroatoms. The number of hydrogen-bond acceptors (Lipinski definition) is 1. The first-order valence-corrected chi connectivity index (χ1v) is 5.93.